The Bertz CT molecular complexity index is 1240. The summed E-state index contributed by atoms with van der Waals surface area (Å²) in [6.07, 6.45) is 65.6. The molecule has 0 heterocycles. The number of esters is 3. The van der Waals surface area contributed by atoms with E-state index < -0.39 is 6.10 Å². The molecule has 0 aliphatic carbocycles. The first-order valence-electron chi connectivity index (χ1n) is 26.1. The van der Waals surface area contributed by atoms with Crippen molar-refractivity contribution in [2.75, 3.05) is 13.2 Å². The summed E-state index contributed by atoms with van der Waals surface area (Å²) >= 11 is 0. The van der Waals surface area contributed by atoms with Gasteiger partial charge in [-0.05, 0) is 89.9 Å². The Kier molecular flexibility index (Phi) is 48.5. The first-order chi connectivity index (χ1) is 31.0. The summed E-state index contributed by atoms with van der Waals surface area (Å²) in [5.74, 6) is -0.931. The van der Waals surface area contributed by atoms with Gasteiger partial charge in [-0.25, -0.2) is 0 Å². The number of rotatable bonds is 46. The maximum absolute atomic E-state index is 12.8. The van der Waals surface area contributed by atoms with Crippen LogP contribution in [0.1, 0.15) is 239 Å². The number of hydrogen-bond acceptors (Lipinski definition) is 6. The zero-order valence-electron chi connectivity index (χ0n) is 41.1. The number of ether oxygens (including phenoxy) is 3. The highest BCUT2D eigenvalue weighted by Gasteiger charge is 2.19. The Morgan fingerprint density at radius 1 is 0.333 bits per heavy atom. The number of carbonyl (C=O) groups is 3. The van der Waals surface area contributed by atoms with Crippen LogP contribution in [0.15, 0.2) is 85.1 Å². The van der Waals surface area contributed by atoms with Gasteiger partial charge in [0.1, 0.15) is 13.2 Å². The predicted octanol–water partition coefficient (Wildman–Crippen LogP) is 17.2. The van der Waals surface area contributed by atoms with Gasteiger partial charge in [-0.2, -0.15) is 0 Å². The molecular formula is C57H96O6. The van der Waals surface area contributed by atoms with E-state index in [1.807, 2.05) is 0 Å². The van der Waals surface area contributed by atoms with Gasteiger partial charge < -0.3 is 14.2 Å². The lowest BCUT2D eigenvalue weighted by Crippen LogP contribution is -2.30. The number of unbranched alkanes of at least 4 members (excludes halogenated alkanes) is 21. The molecule has 0 saturated carbocycles. The van der Waals surface area contributed by atoms with Crippen molar-refractivity contribution >= 4 is 17.9 Å². The molecule has 0 amide bonds. The van der Waals surface area contributed by atoms with Crippen molar-refractivity contribution < 1.29 is 28.6 Å². The molecular weight excluding hydrogens is 781 g/mol. The summed E-state index contributed by atoms with van der Waals surface area (Å²) in [6.45, 7) is 6.38. The molecule has 63 heavy (non-hydrogen) atoms. The highest BCUT2D eigenvalue weighted by atomic mass is 16.6. The summed E-state index contributed by atoms with van der Waals surface area (Å²) in [7, 11) is 0. The molecule has 360 valence electrons. The lowest BCUT2D eigenvalue weighted by Gasteiger charge is -2.18. The normalized spacial score (nSPS) is 12.7. The van der Waals surface area contributed by atoms with Crippen molar-refractivity contribution in [3.05, 3.63) is 85.1 Å². The minimum atomic E-state index is -0.792. The molecule has 6 nitrogen and oxygen atoms in total. The van der Waals surface area contributed by atoms with E-state index in [2.05, 4.69) is 106 Å². The minimum absolute atomic E-state index is 0.0893. The van der Waals surface area contributed by atoms with Crippen LogP contribution >= 0.6 is 0 Å². The van der Waals surface area contributed by atoms with Crippen LogP contribution in [-0.4, -0.2) is 37.2 Å². The van der Waals surface area contributed by atoms with Crippen molar-refractivity contribution in [1.82, 2.24) is 0 Å². The first kappa shape index (κ1) is 59.6. The molecule has 0 aromatic rings. The zero-order valence-corrected chi connectivity index (χ0v) is 41.1. The van der Waals surface area contributed by atoms with Crippen LogP contribution in [0, 0.1) is 0 Å². The Balaban J connectivity index is 4.44. The molecule has 0 aromatic heterocycles. The summed E-state index contributed by atoms with van der Waals surface area (Å²) in [4.78, 5) is 38.0. The first-order valence-corrected chi connectivity index (χ1v) is 26.1. The fourth-order valence-corrected chi connectivity index (χ4v) is 7.04. The van der Waals surface area contributed by atoms with Crippen LogP contribution in [0.2, 0.25) is 0 Å². The van der Waals surface area contributed by atoms with E-state index in [-0.39, 0.29) is 31.1 Å². The third-order valence-electron chi connectivity index (χ3n) is 10.9. The maximum atomic E-state index is 12.8. The van der Waals surface area contributed by atoms with Gasteiger partial charge in [0.25, 0.3) is 0 Å². The topological polar surface area (TPSA) is 78.9 Å². The van der Waals surface area contributed by atoms with Crippen molar-refractivity contribution in [3.8, 4) is 0 Å². The van der Waals surface area contributed by atoms with E-state index in [1.54, 1.807) is 0 Å². The van der Waals surface area contributed by atoms with Crippen molar-refractivity contribution in [1.29, 1.82) is 0 Å². The molecule has 0 radical (unpaired) electrons. The molecule has 0 bridgehead atoms. The van der Waals surface area contributed by atoms with Gasteiger partial charge in [0.15, 0.2) is 6.10 Å². The molecule has 0 rings (SSSR count). The van der Waals surface area contributed by atoms with E-state index in [0.29, 0.717) is 19.3 Å². The molecule has 0 fully saturated rings. The Hall–Kier alpha value is -3.41. The second-order valence-corrected chi connectivity index (χ2v) is 17.0. The molecule has 0 aliphatic rings. The highest BCUT2D eigenvalue weighted by Crippen LogP contribution is 2.15. The van der Waals surface area contributed by atoms with Gasteiger partial charge in [-0.1, -0.05) is 215 Å². The van der Waals surface area contributed by atoms with Crippen molar-refractivity contribution in [2.45, 2.75) is 245 Å². The van der Waals surface area contributed by atoms with Crippen molar-refractivity contribution in [3.63, 3.8) is 0 Å². The van der Waals surface area contributed by atoms with Gasteiger partial charge in [0.2, 0.25) is 0 Å². The van der Waals surface area contributed by atoms with Gasteiger partial charge in [-0.3, -0.25) is 14.4 Å². The molecule has 1 unspecified atom stereocenters. The third kappa shape index (κ3) is 49.5. The van der Waals surface area contributed by atoms with E-state index in [9.17, 15) is 14.4 Å². The fourth-order valence-electron chi connectivity index (χ4n) is 7.04. The van der Waals surface area contributed by atoms with Gasteiger partial charge in [0.05, 0.1) is 0 Å². The molecule has 0 aromatic carbocycles. The smallest absolute Gasteiger partial charge is 0.306 e. The number of carbonyl (C=O) groups excluding carboxylic acids is 3. The van der Waals surface area contributed by atoms with Gasteiger partial charge in [0, 0.05) is 19.3 Å². The lowest BCUT2D eigenvalue weighted by atomic mass is 10.0. The summed E-state index contributed by atoms with van der Waals surface area (Å²) in [6, 6.07) is 0. The monoisotopic (exact) mass is 877 g/mol. The Morgan fingerprint density at radius 2 is 0.619 bits per heavy atom. The highest BCUT2D eigenvalue weighted by molar-refractivity contribution is 5.71. The van der Waals surface area contributed by atoms with E-state index in [4.69, 9.17) is 14.2 Å². The van der Waals surface area contributed by atoms with Gasteiger partial charge in [-0.15, -0.1) is 0 Å². The van der Waals surface area contributed by atoms with E-state index >= 15 is 0 Å². The lowest BCUT2D eigenvalue weighted by molar-refractivity contribution is -0.167. The van der Waals surface area contributed by atoms with Crippen LogP contribution < -0.4 is 0 Å². The van der Waals surface area contributed by atoms with E-state index in [0.717, 1.165) is 116 Å². The van der Waals surface area contributed by atoms with Crippen LogP contribution in [-0.2, 0) is 28.6 Å². The molecule has 0 N–H and O–H groups in total. The zero-order chi connectivity index (χ0) is 45.8. The quantitative estimate of drug-likeness (QED) is 0.0262. The third-order valence-corrected chi connectivity index (χ3v) is 10.9. The standard InChI is InChI=1S/C57H96O6/c1-4-7-10-13-16-19-22-25-27-28-29-30-31-33-35-38-41-44-47-50-56(59)62-53-54(52-61-55(58)49-46-43-40-37-34-24-21-18-15-12-9-6-3)63-57(60)51-48-45-42-39-36-32-26-23-20-17-14-11-8-5-2/h7-8,10-11,16-17,19-20,25,27,29-30,33,35,54H,4-6,9,12-15,18,21-24,26,28,31-32,34,36-53H2,1-3H3/b10-7-,11-8-,19-16-,20-17-,27-25-,30-29-,35-33-. The van der Waals surface area contributed by atoms with Crippen LogP contribution in [0.25, 0.3) is 0 Å². The summed E-state index contributed by atoms with van der Waals surface area (Å²) in [5.41, 5.74) is 0. The van der Waals surface area contributed by atoms with Crippen LogP contribution in [0.3, 0.4) is 0 Å². The van der Waals surface area contributed by atoms with Gasteiger partial charge >= 0.3 is 17.9 Å². The SMILES string of the molecule is CC/C=C\C/C=C\C/C=C\C/C=C\C/C=C\CCCCCC(=O)OCC(COC(=O)CCCCCCCCCCCCCC)OC(=O)CCCCCCCCC/C=C\C/C=C\CC. The maximum Gasteiger partial charge on any atom is 0.306 e. The molecule has 0 spiro atoms. The molecule has 6 heteroatoms. The van der Waals surface area contributed by atoms with Crippen LogP contribution in [0.5, 0.6) is 0 Å². The fraction of sp³-hybridized carbons (Fsp3) is 0.702. The van der Waals surface area contributed by atoms with Crippen molar-refractivity contribution in [2.24, 2.45) is 0 Å². The largest absolute Gasteiger partial charge is 0.462 e. The summed E-state index contributed by atoms with van der Waals surface area (Å²) in [5, 5.41) is 0. The molecule has 0 saturated heterocycles. The average molecular weight is 877 g/mol. The second kappa shape index (κ2) is 51.2. The summed E-state index contributed by atoms with van der Waals surface area (Å²) < 4.78 is 16.8. The second-order valence-electron chi connectivity index (χ2n) is 17.0. The predicted molar refractivity (Wildman–Crippen MR) is 270 cm³/mol. The Labute approximate surface area is 388 Å². The van der Waals surface area contributed by atoms with E-state index in [1.165, 1.54) is 83.5 Å². The number of allylic oxidation sites excluding steroid dienone is 14. The molecule has 0 aliphatic heterocycles. The minimum Gasteiger partial charge on any atom is -0.462 e. The number of hydrogen-bond donors (Lipinski definition) is 0. The Morgan fingerprint density at radius 3 is 0.984 bits per heavy atom. The molecule has 1 atom stereocenters. The average Bonchev–Trinajstić information content (AvgIpc) is 3.28. The van der Waals surface area contributed by atoms with Crippen LogP contribution in [0.4, 0.5) is 0 Å².